The molecule has 2 N–H and O–H groups in total. The van der Waals surface area contributed by atoms with Gasteiger partial charge in [-0.2, -0.15) is 11.8 Å². The fourth-order valence-corrected chi connectivity index (χ4v) is 1.78. The fourth-order valence-electron chi connectivity index (χ4n) is 1.56. The molecule has 0 aliphatic heterocycles. The fraction of sp³-hybridized carbons (Fsp3) is 0.562. The molecule has 0 atom stereocenters. The molecule has 4 nitrogen and oxygen atoms in total. The van der Waals surface area contributed by atoms with Crippen molar-refractivity contribution in [3.8, 4) is 5.75 Å². The van der Waals surface area contributed by atoms with Gasteiger partial charge < -0.3 is 15.4 Å². The van der Waals surface area contributed by atoms with E-state index in [4.69, 9.17) is 4.74 Å². The molecule has 0 radical (unpaired) electrons. The lowest BCUT2D eigenvalue weighted by molar-refractivity contribution is 0.322. The minimum Gasteiger partial charge on any atom is -0.492 e. The Bertz CT molecular complexity index is 443. The maximum absolute atomic E-state index is 5.67. The minimum atomic E-state index is 0.190. The van der Waals surface area contributed by atoms with Crippen LogP contribution in [0.1, 0.15) is 19.4 Å². The van der Waals surface area contributed by atoms with Crippen molar-refractivity contribution >= 4 is 17.7 Å². The van der Waals surface area contributed by atoms with Crippen molar-refractivity contribution in [1.82, 2.24) is 10.6 Å². The van der Waals surface area contributed by atoms with Crippen LogP contribution in [-0.4, -0.2) is 43.7 Å². The average molecular weight is 309 g/mol. The summed E-state index contributed by atoms with van der Waals surface area (Å²) >= 11 is 1.84. The monoisotopic (exact) mass is 309 g/mol. The lowest BCUT2D eigenvalue weighted by atomic mass is 10.2. The molecule has 118 valence electrons. The molecule has 0 saturated heterocycles. The predicted octanol–water partition coefficient (Wildman–Crippen LogP) is 2.68. The van der Waals surface area contributed by atoms with Crippen LogP contribution in [0, 0.1) is 6.92 Å². The zero-order valence-electron chi connectivity index (χ0n) is 13.7. The molecule has 1 aromatic carbocycles. The Morgan fingerprint density at radius 3 is 2.48 bits per heavy atom. The zero-order chi connectivity index (χ0) is 15.7. The Morgan fingerprint density at radius 1 is 1.24 bits per heavy atom. The van der Waals surface area contributed by atoms with Crippen molar-refractivity contribution in [2.45, 2.75) is 25.5 Å². The second-order valence-corrected chi connectivity index (χ2v) is 6.99. The molecule has 0 bridgehead atoms. The number of aryl methyl sites for hydroxylation is 1. The summed E-state index contributed by atoms with van der Waals surface area (Å²) in [6.45, 7) is 8.67. The molecule has 0 saturated carbocycles. The van der Waals surface area contributed by atoms with E-state index >= 15 is 0 Å². The first-order chi connectivity index (χ1) is 9.96. The highest BCUT2D eigenvalue weighted by Crippen LogP contribution is 2.19. The summed E-state index contributed by atoms with van der Waals surface area (Å²) in [7, 11) is 1.78. The van der Waals surface area contributed by atoms with Crippen molar-refractivity contribution in [2.24, 2.45) is 4.99 Å². The normalized spacial score (nSPS) is 12.1. The molecular weight excluding hydrogens is 282 g/mol. The Hall–Kier alpha value is -1.36. The van der Waals surface area contributed by atoms with Gasteiger partial charge in [0.15, 0.2) is 5.96 Å². The Balaban J connectivity index is 2.25. The number of thioether (sulfide) groups is 1. The molecule has 0 aromatic heterocycles. The van der Waals surface area contributed by atoms with Gasteiger partial charge in [-0.1, -0.05) is 17.7 Å². The Kier molecular flexibility index (Phi) is 7.43. The second-order valence-electron chi connectivity index (χ2n) is 5.48. The van der Waals surface area contributed by atoms with Gasteiger partial charge in [0.2, 0.25) is 0 Å². The van der Waals surface area contributed by atoms with Crippen LogP contribution in [0.3, 0.4) is 0 Å². The van der Waals surface area contributed by atoms with E-state index < -0.39 is 0 Å². The first kappa shape index (κ1) is 17.7. The van der Waals surface area contributed by atoms with E-state index in [0.29, 0.717) is 13.2 Å². The van der Waals surface area contributed by atoms with Crippen molar-refractivity contribution < 1.29 is 4.74 Å². The van der Waals surface area contributed by atoms with Crippen LogP contribution in [-0.2, 0) is 0 Å². The van der Waals surface area contributed by atoms with E-state index in [1.807, 2.05) is 36.0 Å². The number of benzene rings is 1. The average Bonchev–Trinajstić information content (AvgIpc) is 2.48. The van der Waals surface area contributed by atoms with Gasteiger partial charge in [0.25, 0.3) is 0 Å². The molecule has 21 heavy (non-hydrogen) atoms. The molecule has 0 aliphatic rings. The van der Waals surface area contributed by atoms with Gasteiger partial charge in [0, 0.05) is 18.3 Å². The van der Waals surface area contributed by atoms with Crippen molar-refractivity contribution in [3.63, 3.8) is 0 Å². The molecule has 0 fully saturated rings. The number of nitrogens with zero attached hydrogens (tertiary/aromatic N) is 1. The van der Waals surface area contributed by atoms with Gasteiger partial charge in [-0.3, -0.25) is 4.99 Å². The SMILES string of the molecule is CN=C(NCCOc1ccc(C)cc1)NCC(C)(C)SC. The van der Waals surface area contributed by atoms with Crippen LogP contribution in [0.25, 0.3) is 0 Å². The summed E-state index contributed by atoms with van der Waals surface area (Å²) < 4.78 is 5.86. The molecule has 0 unspecified atom stereocenters. The highest BCUT2D eigenvalue weighted by atomic mass is 32.2. The number of hydrogen-bond acceptors (Lipinski definition) is 3. The molecular formula is C16H27N3OS. The number of hydrogen-bond donors (Lipinski definition) is 2. The van der Waals surface area contributed by atoms with Gasteiger partial charge in [-0.25, -0.2) is 0 Å². The number of aliphatic imine (C=N–C) groups is 1. The summed E-state index contributed by atoms with van der Waals surface area (Å²) in [5.74, 6) is 1.71. The smallest absolute Gasteiger partial charge is 0.191 e. The van der Waals surface area contributed by atoms with Crippen molar-refractivity contribution in [2.75, 3.05) is 33.0 Å². The van der Waals surface area contributed by atoms with E-state index in [2.05, 4.69) is 42.7 Å². The topological polar surface area (TPSA) is 45.7 Å². The van der Waals surface area contributed by atoms with Crippen LogP contribution < -0.4 is 15.4 Å². The van der Waals surface area contributed by atoms with Crippen LogP contribution in [0.5, 0.6) is 5.75 Å². The third-order valence-corrected chi connectivity index (χ3v) is 4.39. The van der Waals surface area contributed by atoms with Gasteiger partial charge >= 0.3 is 0 Å². The summed E-state index contributed by atoms with van der Waals surface area (Å²) in [6.07, 6.45) is 2.12. The largest absolute Gasteiger partial charge is 0.492 e. The lowest BCUT2D eigenvalue weighted by Crippen LogP contribution is -2.44. The number of guanidine groups is 1. The van der Waals surface area contributed by atoms with Gasteiger partial charge in [0.05, 0.1) is 6.54 Å². The van der Waals surface area contributed by atoms with Crippen LogP contribution in [0.4, 0.5) is 0 Å². The summed E-state index contributed by atoms with van der Waals surface area (Å²) in [5, 5.41) is 6.58. The zero-order valence-corrected chi connectivity index (χ0v) is 14.5. The van der Waals surface area contributed by atoms with Crippen LogP contribution in [0.15, 0.2) is 29.3 Å². The molecule has 0 aliphatic carbocycles. The van der Waals surface area contributed by atoms with E-state index in [9.17, 15) is 0 Å². The van der Waals surface area contributed by atoms with E-state index in [1.54, 1.807) is 7.05 Å². The molecule has 0 spiro atoms. The highest BCUT2D eigenvalue weighted by molar-refractivity contribution is 7.99. The van der Waals surface area contributed by atoms with Gasteiger partial charge in [-0.05, 0) is 39.2 Å². The third-order valence-electron chi connectivity index (χ3n) is 3.14. The molecule has 5 heteroatoms. The quantitative estimate of drug-likeness (QED) is 0.462. The summed E-state index contributed by atoms with van der Waals surface area (Å²) in [6, 6.07) is 8.08. The van der Waals surface area contributed by atoms with Crippen LogP contribution in [0.2, 0.25) is 0 Å². The summed E-state index contributed by atoms with van der Waals surface area (Å²) in [5.41, 5.74) is 1.24. The van der Waals surface area contributed by atoms with E-state index in [0.717, 1.165) is 18.3 Å². The summed E-state index contributed by atoms with van der Waals surface area (Å²) in [4.78, 5) is 4.21. The second kappa shape index (κ2) is 8.82. The maximum Gasteiger partial charge on any atom is 0.191 e. The van der Waals surface area contributed by atoms with E-state index in [-0.39, 0.29) is 4.75 Å². The predicted molar refractivity (Wildman–Crippen MR) is 93.6 cm³/mol. The van der Waals surface area contributed by atoms with Gasteiger partial charge in [0.1, 0.15) is 12.4 Å². The molecule has 1 aromatic rings. The number of nitrogens with one attached hydrogen (secondary N) is 2. The Labute approximate surface area is 132 Å². The van der Waals surface area contributed by atoms with Gasteiger partial charge in [-0.15, -0.1) is 0 Å². The van der Waals surface area contributed by atoms with Crippen LogP contribution >= 0.6 is 11.8 Å². The maximum atomic E-state index is 5.67. The first-order valence-electron chi connectivity index (χ1n) is 7.16. The standard InChI is InChI=1S/C16H27N3OS/c1-13-6-8-14(9-7-13)20-11-10-18-15(17-4)19-12-16(2,3)21-5/h6-9H,10-12H2,1-5H3,(H2,17,18,19). The number of rotatable bonds is 7. The lowest BCUT2D eigenvalue weighted by Gasteiger charge is -2.23. The van der Waals surface area contributed by atoms with Crippen molar-refractivity contribution in [1.29, 1.82) is 0 Å². The molecule has 0 amide bonds. The highest BCUT2D eigenvalue weighted by Gasteiger charge is 2.15. The first-order valence-corrected chi connectivity index (χ1v) is 8.38. The molecule has 1 rings (SSSR count). The number of ether oxygens (including phenoxy) is 1. The van der Waals surface area contributed by atoms with E-state index in [1.165, 1.54) is 5.56 Å². The van der Waals surface area contributed by atoms with Crippen molar-refractivity contribution in [3.05, 3.63) is 29.8 Å². The minimum absolute atomic E-state index is 0.190. The third kappa shape index (κ3) is 7.27. The Morgan fingerprint density at radius 2 is 1.90 bits per heavy atom. The molecule has 0 heterocycles.